The van der Waals surface area contributed by atoms with E-state index in [0.29, 0.717) is 26.2 Å². The Labute approximate surface area is 133 Å². The Balaban J connectivity index is 2.29. The van der Waals surface area contributed by atoms with Crippen molar-refractivity contribution in [3.05, 3.63) is 32.6 Å². The lowest BCUT2D eigenvalue weighted by Crippen LogP contribution is -2.49. The first-order valence-electron chi connectivity index (χ1n) is 7.65. The molecule has 0 spiro atoms. The molecule has 0 aliphatic carbocycles. The molecular weight excluding hydrogens is 300 g/mol. The number of carbonyl (C=O) groups is 1. The van der Waals surface area contributed by atoms with Crippen LogP contribution in [0.3, 0.4) is 0 Å². The Hall–Kier alpha value is -2.40. The zero-order valence-electron chi connectivity index (χ0n) is 13.3. The fourth-order valence-corrected chi connectivity index (χ4v) is 2.52. The van der Waals surface area contributed by atoms with Crippen molar-refractivity contribution in [3.63, 3.8) is 0 Å². The van der Waals surface area contributed by atoms with E-state index >= 15 is 0 Å². The molecule has 1 atom stereocenters. The largest absolute Gasteiger partial charge is 0.375 e. The number of nitrogens with zero attached hydrogens (tertiary/aromatic N) is 4. The highest BCUT2D eigenvalue weighted by Crippen LogP contribution is 2.08. The van der Waals surface area contributed by atoms with Gasteiger partial charge < -0.3 is 9.64 Å². The Morgan fingerprint density at radius 2 is 2.17 bits per heavy atom. The summed E-state index contributed by atoms with van der Waals surface area (Å²) in [4.78, 5) is 38.4. The number of amides is 1. The molecule has 1 aliphatic rings. The van der Waals surface area contributed by atoms with Crippen molar-refractivity contribution in [1.29, 1.82) is 5.26 Å². The van der Waals surface area contributed by atoms with E-state index in [0.717, 1.165) is 11.0 Å². The van der Waals surface area contributed by atoms with Gasteiger partial charge in [0.25, 0.3) is 5.56 Å². The molecular formula is C15H20N4O4. The molecule has 1 saturated heterocycles. The van der Waals surface area contributed by atoms with Crippen LogP contribution < -0.4 is 11.2 Å². The smallest absolute Gasteiger partial charge is 0.331 e. The zero-order chi connectivity index (χ0) is 17.0. The van der Waals surface area contributed by atoms with Gasteiger partial charge >= 0.3 is 5.69 Å². The molecule has 1 aromatic heterocycles. The van der Waals surface area contributed by atoms with E-state index < -0.39 is 11.2 Å². The first kappa shape index (κ1) is 17.0. The van der Waals surface area contributed by atoms with Crippen LogP contribution in [0.4, 0.5) is 0 Å². The van der Waals surface area contributed by atoms with E-state index in [1.54, 1.807) is 17.9 Å². The molecule has 1 aromatic rings. The van der Waals surface area contributed by atoms with Gasteiger partial charge in [-0.3, -0.25) is 14.2 Å². The van der Waals surface area contributed by atoms with E-state index in [9.17, 15) is 14.4 Å². The lowest BCUT2D eigenvalue weighted by molar-refractivity contribution is -0.139. The van der Waals surface area contributed by atoms with Crippen LogP contribution in [-0.2, 0) is 22.6 Å². The average Bonchev–Trinajstić information content (AvgIpc) is 2.58. The van der Waals surface area contributed by atoms with E-state index in [1.807, 2.05) is 6.92 Å². The predicted octanol–water partition coefficient (Wildman–Crippen LogP) is -0.461. The van der Waals surface area contributed by atoms with Gasteiger partial charge in [0.15, 0.2) is 0 Å². The molecule has 0 bridgehead atoms. The molecule has 1 amide bonds. The molecule has 2 rings (SSSR count). The molecule has 0 saturated carbocycles. The molecule has 0 unspecified atom stereocenters. The monoisotopic (exact) mass is 320 g/mol. The van der Waals surface area contributed by atoms with Crippen LogP contribution >= 0.6 is 0 Å². The molecule has 0 aromatic carbocycles. The first-order valence-corrected chi connectivity index (χ1v) is 7.65. The van der Waals surface area contributed by atoms with Crippen molar-refractivity contribution in [1.82, 2.24) is 14.0 Å². The summed E-state index contributed by atoms with van der Waals surface area (Å²) in [5.74, 6) is -0.316. The Bertz CT molecular complexity index is 743. The van der Waals surface area contributed by atoms with Crippen LogP contribution in [-0.4, -0.2) is 45.7 Å². The summed E-state index contributed by atoms with van der Waals surface area (Å²) in [5.41, 5.74) is -1.45. The van der Waals surface area contributed by atoms with Gasteiger partial charge in [-0.05, 0) is 13.3 Å². The van der Waals surface area contributed by atoms with Crippen LogP contribution in [0.1, 0.15) is 25.8 Å². The summed E-state index contributed by atoms with van der Waals surface area (Å²) in [7, 11) is 0. The van der Waals surface area contributed by atoms with Crippen LogP contribution in [0, 0.1) is 11.3 Å². The minimum Gasteiger partial charge on any atom is -0.375 e. The van der Waals surface area contributed by atoms with Crippen molar-refractivity contribution < 1.29 is 9.53 Å². The number of aromatic nitrogens is 2. The van der Waals surface area contributed by atoms with Gasteiger partial charge in [-0.2, -0.15) is 5.26 Å². The number of ether oxygens (including phenoxy) is 1. The number of morpholine rings is 1. The highest BCUT2D eigenvalue weighted by molar-refractivity contribution is 5.76. The van der Waals surface area contributed by atoms with Crippen molar-refractivity contribution in [2.45, 2.75) is 39.5 Å². The highest BCUT2D eigenvalue weighted by atomic mass is 16.5. The molecule has 23 heavy (non-hydrogen) atoms. The molecule has 1 fully saturated rings. The highest BCUT2D eigenvalue weighted by Gasteiger charge is 2.24. The first-order chi connectivity index (χ1) is 11.0. The summed E-state index contributed by atoms with van der Waals surface area (Å²) < 4.78 is 7.59. The number of hydrogen-bond acceptors (Lipinski definition) is 5. The molecule has 2 heterocycles. The fraction of sp³-hybridized carbons (Fsp3) is 0.600. The van der Waals surface area contributed by atoms with Crippen molar-refractivity contribution in [2.75, 3.05) is 19.7 Å². The topological polar surface area (TPSA) is 97.3 Å². The van der Waals surface area contributed by atoms with Crippen LogP contribution in [0.2, 0.25) is 0 Å². The third-order valence-corrected chi connectivity index (χ3v) is 3.94. The Kier molecular flexibility index (Phi) is 5.34. The fourth-order valence-electron chi connectivity index (χ4n) is 2.52. The van der Waals surface area contributed by atoms with E-state index in [1.165, 1.54) is 10.8 Å². The normalized spacial score (nSPS) is 17.8. The van der Waals surface area contributed by atoms with Crippen LogP contribution in [0.15, 0.2) is 15.8 Å². The van der Waals surface area contributed by atoms with Crippen LogP contribution in [0.25, 0.3) is 0 Å². The maximum absolute atomic E-state index is 12.4. The number of rotatable bonds is 4. The quantitative estimate of drug-likeness (QED) is 0.748. The zero-order valence-corrected chi connectivity index (χ0v) is 13.3. The van der Waals surface area contributed by atoms with Crippen molar-refractivity contribution in [2.24, 2.45) is 0 Å². The Morgan fingerprint density at radius 1 is 1.43 bits per heavy atom. The number of aryl methyl sites for hydroxylation is 1. The van der Waals surface area contributed by atoms with Gasteiger partial charge in [-0.15, -0.1) is 0 Å². The summed E-state index contributed by atoms with van der Waals surface area (Å²) >= 11 is 0. The molecule has 8 nitrogen and oxygen atoms in total. The lowest BCUT2D eigenvalue weighted by atomic mass is 10.2. The summed E-state index contributed by atoms with van der Waals surface area (Å²) in [6, 6.07) is 1.77. The van der Waals surface area contributed by atoms with E-state index in [2.05, 4.69) is 0 Å². The van der Waals surface area contributed by atoms with Gasteiger partial charge in [0, 0.05) is 25.8 Å². The number of nitriles is 1. The van der Waals surface area contributed by atoms with E-state index in [-0.39, 0.29) is 24.1 Å². The van der Waals surface area contributed by atoms with Gasteiger partial charge in [-0.1, -0.05) is 6.92 Å². The predicted molar refractivity (Wildman–Crippen MR) is 82.0 cm³/mol. The van der Waals surface area contributed by atoms with Crippen molar-refractivity contribution in [3.8, 4) is 6.07 Å². The van der Waals surface area contributed by atoms with E-state index in [4.69, 9.17) is 10.00 Å². The number of hydrogen-bond donors (Lipinski definition) is 0. The average molecular weight is 320 g/mol. The summed E-state index contributed by atoms with van der Waals surface area (Å²) in [5, 5.41) is 9.01. The SMILES string of the molecule is CC[C@H]1CN(C(=O)Cn2c(=O)c(C#N)cn(CC)c2=O)CCO1. The molecule has 1 aliphatic heterocycles. The standard InChI is InChI=1S/C15H20N4O4/c1-3-12-9-18(5-6-23-12)13(20)10-19-14(21)11(7-16)8-17(4-2)15(19)22/h8,12H,3-6,9-10H2,1-2H3/t12-/m0/s1. The number of carbonyl (C=O) groups excluding carboxylic acids is 1. The second-order valence-corrected chi connectivity index (χ2v) is 5.36. The minimum absolute atomic E-state index is 0.0258. The molecule has 124 valence electrons. The second-order valence-electron chi connectivity index (χ2n) is 5.36. The van der Waals surface area contributed by atoms with Gasteiger partial charge in [-0.25, -0.2) is 9.36 Å². The summed E-state index contributed by atoms with van der Waals surface area (Å²) in [6.45, 7) is 4.98. The molecule has 8 heteroatoms. The third-order valence-electron chi connectivity index (χ3n) is 3.94. The van der Waals surface area contributed by atoms with Crippen LogP contribution in [0.5, 0.6) is 0 Å². The van der Waals surface area contributed by atoms with Gasteiger partial charge in [0.2, 0.25) is 5.91 Å². The molecule has 0 radical (unpaired) electrons. The van der Waals surface area contributed by atoms with Gasteiger partial charge in [0.05, 0.1) is 12.7 Å². The summed E-state index contributed by atoms with van der Waals surface area (Å²) in [6.07, 6.45) is 1.99. The third kappa shape index (κ3) is 3.51. The van der Waals surface area contributed by atoms with Gasteiger partial charge in [0.1, 0.15) is 18.2 Å². The second kappa shape index (κ2) is 7.24. The Morgan fingerprint density at radius 3 is 2.78 bits per heavy atom. The van der Waals surface area contributed by atoms with Crippen molar-refractivity contribution >= 4 is 5.91 Å². The lowest BCUT2D eigenvalue weighted by Gasteiger charge is -2.32. The maximum atomic E-state index is 12.4. The molecule has 0 N–H and O–H groups in total. The maximum Gasteiger partial charge on any atom is 0.331 e. The minimum atomic E-state index is -0.726.